The summed E-state index contributed by atoms with van der Waals surface area (Å²) in [5, 5.41) is 10.7. The minimum Gasteiger partial charge on any atom is -0.388 e. The van der Waals surface area contributed by atoms with Gasteiger partial charge >= 0.3 is 0 Å². The molecule has 1 aliphatic carbocycles. The van der Waals surface area contributed by atoms with Crippen molar-refractivity contribution in [3.8, 4) is 0 Å². The zero-order valence-electron chi connectivity index (χ0n) is 11.0. The van der Waals surface area contributed by atoms with Crippen LogP contribution in [-0.2, 0) is 0 Å². The summed E-state index contributed by atoms with van der Waals surface area (Å²) in [5.41, 5.74) is 7.64. The summed E-state index contributed by atoms with van der Waals surface area (Å²) in [5.74, 6) is 0.330. The molecular formula is C14H21ClN2O. The molecule has 100 valence electrons. The fourth-order valence-electron chi connectivity index (χ4n) is 2.62. The largest absolute Gasteiger partial charge is 0.388 e. The first-order valence-electron chi connectivity index (χ1n) is 6.52. The Morgan fingerprint density at radius 2 is 2.22 bits per heavy atom. The smallest absolute Gasteiger partial charge is 0.142 e. The van der Waals surface area contributed by atoms with Gasteiger partial charge in [0.1, 0.15) is 5.82 Å². The Balaban J connectivity index is 2.04. The van der Waals surface area contributed by atoms with E-state index >= 15 is 0 Å². The highest BCUT2D eigenvalue weighted by Crippen LogP contribution is 2.45. The Morgan fingerprint density at radius 3 is 2.78 bits per heavy atom. The molecule has 1 atom stereocenters. The van der Waals surface area contributed by atoms with E-state index in [4.69, 9.17) is 17.3 Å². The molecule has 1 heterocycles. The Kier molecular flexibility index (Phi) is 3.83. The summed E-state index contributed by atoms with van der Waals surface area (Å²) >= 11 is 5.96. The highest BCUT2D eigenvalue weighted by molar-refractivity contribution is 6.32. The molecule has 0 unspecified atom stereocenters. The van der Waals surface area contributed by atoms with Crippen molar-refractivity contribution in [3.63, 3.8) is 0 Å². The molecule has 3 N–H and O–H groups in total. The van der Waals surface area contributed by atoms with E-state index in [1.54, 1.807) is 6.07 Å². The zero-order chi connectivity index (χ0) is 13.3. The van der Waals surface area contributed by atoms with Gasteiger partial charge in [0.25, 0.3) is 0 Å². The minimum absolute atomic E-state index is 0.330. The van der Waals surface area contributed by atoms with E-state index in [-0.39, 0.29) is 0 Å². The Hall–Kier alpha value is -0.800. The number of aryl methyl sites for hydroxylation is 1. The first-order valence-corrected chi connectivity index (χ1v) is 6.90. The quantitative estimate of drug-likeness (QED) is 0.877. The Labute approximate surface area is 113 Å². The van der Waals surface area contributed by atoms with E-state index in [2.05, 4.69) is 11.9 Å². The third kappa shape index (κ3) is 2.78. The minimum atomic E-state index is -0.493. The number of nitrogen functional groups attached to an aromatic ring is 1. The van der Waals surface area contributed by atoms with Crippen molar-refractivity contribution in [1.29, 1.82) is 0 Å². The predicted octanol–water partition coefficient (Wildman–Crippen LogP) is 3.63. The van der Waals surface area contributed by atoms with Gasteiger partial charge in [-0.2, -0.15) is 0 Å². The molecule has 1 aromatic rings. The van der Waals surface area contributed by atoms with Crippen LogP contribution in [0.1, 0.15) is 56.4 Å². The van der Waals surface area contributed by atoms with Crippen LogP contribution in [-0.4, -0.2) is 10.1 Å². The van der Waals surface area contributed by atoms with Crippen molar-refractivity contribution in [1.82, 2.24) is 4.98 Å². The summed E-state index contributed by atoms with van der Waals surface area (Å²) in [4.78, 5) is 4.16. The van der Waals surface area contributed by atoms with Crippen LogP contribution < -0.4 is 5.73 Å². The summed E-state index contributed by atoms with van der Waals surface area (Å²) in [7, 11) is 0. The molecule has 0 radical (unpaired) electrons. The average Bonchev–Trinajstić information content (AvgIpc) is 2.28. The van der Waals surface area contributed by atoms with Gasteiger partial charge in [0, 0.05) is 11.3 Å². The van der Waals surface area contributed by atoms with Crippen LogP contribution >= 0.6 is 11.6 Å². The van der Waals surface area contributed by atoms with Crippen LogP contribution in [0.3, 0.4) is 0 Å². The molecule has 4 heteroatoms. The molecular weight excluding hydrogens is 248 g/mol. The second-order valence-corrected chi connectivity index (χ2v) is 6.16. The lowest BCUT2D eigenvalue weighted by Gasteiger charge is -2.39. The number of pyridine rings is 1. The van der Waals surface area contributed by atoms with Crippen LogP contribution in [0.25, 0.3) is 0 Å². The fourth-order valence-corrected chi connectivity index (χ4v) is 2.78. The molecule has 18 heavy (non-hydrogen) atoms. The third-order valence-corrected chi connectivity index (χ3v) is 4.48. The van der Waals surface area contributed by atoms with E-state index in [0.717, 1.165) is 24.1 Å². The van der Waals surface area contributed by atoms with Gasteiger partial charge in [-0.05, 0) is 44.1 Å². The number of aliphatic hydroxyl groups is 1. The van der Waals surface area contributed by atoms with Crippen LogP contribution in [0, 0.1) is 12.3 Å². The topological polar surface area (TPSA) is 59.1 Å². The molecule has 0 aliphatic heterocycles. The van der Waals surface area contributed by atoms with Gasteiger partial charge in [0.15, 0.2) is 0 Å². The van der Waals surface area contributed by atoms with Gasteiger partial charge < -0.3 is 10.8 Å². The lowest BCUT2D eigenvalue weighted by molar-refractivity contribution is 0.0948. The zero-order valence-corrected chi connectivity index (χ0v) is 11.8. The monoisotopic (exact) mass is 268 g/mol. The lowest BCUT2D eigenvalue weighted by atomic mass is 9.67. The van der Waals surface area contributed by atoms with Gasteiger partial charge in [0.05, 0.1) is 11.1 Å². The molecule has 0 amide bonds. The Morgan fingerprint density at radius 1 is 1.56 bits per heavy atom. The van der Waals surface area contributed by atoms with Crippen molar-refractivity contribution < 1.29 is 5.11 Å². The van der Waals surface area contributed by atoms with Gasteiger partial charge in [-0.3, -0.25) is 0 Å². The van der Waals surface area contributed by atoms with Crippen molar-refractivity contribution in [2.75, 3.05) is 5.73 Å². The molecule has 0 saturated heterocycles. The standard InChI is InChI=1S/C14H21ClN2O/c1-9-10(8-11(15)13(16)17-9)12(18)4-7-14(2)5-3-6-14/h8,12,18H,3-7H2,1-2H3,(H2,16,17)/t12-/m0/s1. The van der Waals surface area contributed by atoms with Crippen molar-refractivity contribution in [3.05, 3.63) is 22.3 Å². The van der Waals surface area contributed by atoms with Crippen LogP contribution in [0.15, 0.2) is 6.07 Å². The van der Waals surface area contributed by atoms with Gasteiger partial charge in [-0.1, -0.05) is 24.9 Å². The number of hydrogen-bond acceptors (Lipinski definition) is 3. The number of aromatic nitrogens is 1. The normalized spacial score (nSPS) is 19.3. The van der Waals surface area contributed by atoms with E-state index in [0.29, 0.717) is 16.3 Å². The van der Waals surface area contributed by atoms with Crippen LogP contribution in [0.4, 0.5) is 5.82 Å². The number of anilines is 1. The number of nitrogens with two attached hydrogens (primary N) is 1. The van der Waals surface area contributed by atoms with E-state index in [9.17, 15) is 5.11 Å². The fraction of sp³-hybridized carbons (Fsp3) is 0.643. The van der Waals surface area contributed by atoms with Crippen molar-refractivity contribution in [2.45, 2.75) is 52.1 Å². The molecule has 0 aromatic carbocycles. The molecule has 1 aliphatic rings. The summed E-state index contributed by atoms with van der Waals surface area (Å²) in [6.45, 7) is 4.15. The molecule has 3 nitrogen and oxygen atoms in total. The molecule has 0 spiro atoms. The maximum atomic E-state index is 10.3. The molecule has 0 bridgehead atoms. The number of rotatable bonds is 4. The summed E-state index contributed by atoms with van der Waals surface area (Å²) in [6.07, 6.45) is 5.20. The van der Waals surface area contributed by atoms with Gasteiger partial charge in [-0.25, -0.2) is 4.98 Å². The highest BCUT2D eigenvalue weighted by atomic mass is 35.5. The molecule has 1 saturated carbocycles. The average molecular weight is 269 g/mol. The van der Waals surface area contributed by atoms with E-state index < -0.39 is 6.10 Å². The summed E-state index contributed by atoms with van der Waals surface area (Å²) < 4.78 is 0. The van der Waals surface area contributed by atoms with Crippen molar-refractivity contribution >= 4 is 17.4 Å². The maximum absolute atomic E-state index is 10.3. The maximum Gasteiger partial charge on any atom is 0.142 e. The predicted molar refractivity (Wildman–Crippen MR) is 74.5 cm³/mol. The molecule has 2 rings (SSSR count). The highest BCUT2D eigenvalue weighted by Gasteiger charge is 2.32. The van der Waals surface area contributed by atoms with Crippen LogP contribution in [0.2, 0.25) is 5.02 Å². The number of halogens is 1. The SMILES string of the molecule is Cc1nc(N)c(Cl)cc1[C@@H](O)CCC1(C)CCC1. The van der Waals surface area contributed by atoms with Gasteiger partial charge in [0.2, 0.25) is 0 Å². The second kappa shape index (κ2) is 5.06. The molecule has 1 aromatic heterocycles. The van der Waals surface area contributed by atoms with E-state index in [1.807, 2.05) is 6.92 Å². The summed E-state index contributed by atoms with van der Waals surface area (Å²) in [6, 6.07) is 1.74. The lowest BCUT2D eigenvalue weighted by Crippen LogP contribution is -2.26. The van der Waals surface area contributed by atoms with Gasteiger partial charge in [-0.15, -0.1) is 0 Å². The van der Waals surface area contributed by atoms with Crippen LogP contribution in [0.5, 0.6) is 0 Å². The first kappa shape index (κ1) is 13.6. The third-order valence-electron chi connectivity index (χ3n) is 4.17. The van der Waals surface area contributed by atoms with E-state index in [1.165, 1.54) is 19.3 Å². The van der Waals surface area contributed by atoms with Crippen molar-refractivity contribution in [2.24, 2.45) is 5.41 Å². The number of aliphatic hydroxyl groups excluding tert-OH is 1. The molecule has 1 fully saturated rings. The Bertz CT molecular complexity index is 444. The number of hydrogen-bond donors (Lipinski definition) is 2. The first-order chi connectivity index (χ1) is 8.41. The number of nitrogens with zero attached hydrogens (tertiary/aromatic N) is 1. The second-order valence-electron chi connectivity index (χ2n) is 5.75.